The first kappa shape index (κ1) is 14.5. The maximum absolute atomic E-state index is 11.4. The van der Waals surface area contributed by atoms with Crippen LogP contribution in [0.3, 0.4) is 0 Å². The van der Waals surface area contributed by atoms with Gasteiger partial charge in [-0.25, -0.2) is 4.98 Å². The molecule has 0 unspecified atom stereocenters. The Hall–Kier alpha value is -3.48. The predicted octanol–water partition coefficient (Wildman–Crippen LogP) is 3.92. The van der Waals surface area contributed by atoms with Gasteiger partial charge in [0.05, 0.1) is 4.92 Å². The zero-order valence-electron chi connectivity index (χ0n) is 11.9. The Kier molecular flexibility index (Phi) is 4.10. The molecule has 0 aliphatic heterocycles. The summed E-state index contributed by atoms with van der Waals surface area (Å²) in [5.74, 6) is 0.414. The standard InChI is InChI=1S/C16H12N4O3/c21-20(22)14-15(19-12-7-3-1-4-8-12)17-11-18-16(14)23-13-9-5-2-6-10-13/h1-11H,(H,17,18,19). The van der Waals surface area contributed by atoms with E-state index in [2.05, 4.69) is 15.3 Å². The van der Waals surface area contributed by atoms with Gasteiger partial charge in [0.25, 0.3) is 0 Å². The van der Waals surface area contributed by atoms with Crippen molar-refractivity contribution in [1.29, 1.82) is 0 Å². The number of rotatable bonds is 5. The van der Waals surface area contributed by atoms with Crippen LogP contribution >= 0.6 is 0 Å². The zero-order valence-corrected chi connectivity index (χ0v) is 11.9. The summed E-state index contributed by atoms with van der Waals surface area (Å²) >= 11 is 0. The number of aromatic nitrogens is 2. The van der Waals surface area contributed by atoms with Crippen LogP contribution in [-0.2, 0) is 0 Å². The van der Waals surface area contributed by atoms with Gasteiger partial charge in [-0.2, -0.15) is 4.98 Å². The van der Waals surface area contributed by atoms with E-state index in [1.54, 1.807) is 36.4 Å². The molecular weight excluding hydrogens is 296 g/mol. The van der Waals surface area contributed by atoms with Crippen molar-refractivity contribution in [3.8, 4) is 11.6 Å². The molecule has 1 aromatic heterocycles. The quantitative estimate of drug-likeness (QED) is 0.567. The fourth-order valence-electron chi connectivity index (χ4n) is 1.95. The molecule has 0 radical (unpaired) electrons. The summed E-state index contributed by atoms with van der Waals surface area (Å²) < 4.78 is 5.52. The molecule has 0 atom stereocenters. The summed E-state index contributed by atoms with van der Waals surface area (Å²) in [6.07, 6.45) is 1.22. The summed E-state index contributed by atoms with van der Waals surface area (Å²) in [5, 5.41) is 14.3. The normalized spacial score (nSPS) is 10.1. The van der Waals surface area contributed by atoms with Gasteiger partial charge in [-0.1, -0.05) is 36.4 Å². The Balaban J connectivity index is 1.97. The number of benzene rings is 2. The van der Waals surface area contributed by atoms with Gasteiger partial charge in [0.2, 0.25) is 5.82 Å². The van der Waals surface area contributed by atoms with Gasteiger partial charge in [-0.15, -0.1) is 0 Å². The highest BCUT2D eigenvalue weighted by molar-refractivity contribution is 5.68. The SMILES string of the molecule is O=[N+]([O-])c1c(Nc2ccccc2)ncnc1Oc1ccccc1. The van der Waals surface area contributed by atoms with Crippen LogP contribution in [-0.4, -0.2) is 14.9 Å². The maximum Gasteiger partial charge on any atom is 0.373 e. The number of hydrogen-bond donors (Lipinski definition) is 1. The second kappa shape index (κ2) is 6.52. The fraction of sp³-hybridized carbons (Fsp3) is 0. The molecule has 114 valence electrons. The Morgan fingerprint density at radius 3 is 2.26 bits per heavy atom. The zero-order chi connectivity index (χ0) is 16.1. The predicted molar refractivity (Wildman–Crippen MR) is 84.9 cm³/mol. The maximum atomic E-state index is 11.4. The molecule has 3 aromatic rings. The van der Waals surface area contributed by atoms with Crippen LogP contribution in [0.1, 0.15) is 0 Å². The molecule has 2 aromatic carbocycles. The molecule has 0 aliphatic carbocycles. The molecule has 23 heavy (non-hydrogen) atoms. The summed E-state index contributed by atoms with van der Waals surface area (Å²) in [6.45, 7) is 0. The van der Waals surface area contributed by atoms with E-state index in [0.717, 1.165) is 0 Å². The molecule has 1 heterocycles. The third kappa shape index (κ3) is 3.41. The molecule has 0 bridgehead atoms. The Morgan fingerprint density at radius 2 is 1.61 bits per heavy atom. The number of hydrogen-bond acceptors (Lipinski definition) is 6. The van der Waals surface area contributed by atoms with Crippen LogP contribution in [0.5, 0.6) is 11.6 Å². The van der Waals surface area contributed by atoms with Crippen molar-refractivity contribution < 1.29 is 9.66 Å². The lowest BCUT2D eigenvalue weighted by Crippen LogP contribution is -2.03. The number of nitrogens with zero attached hydrogens (tertiary/aromatic N) is 3. The summed E-state index contributed by atoms with van der Waals surface area (Å²) in [4.78, 5) is 18.7. The smallest absolute Gasteiger partial charge is 0.373 e. The summed E-state index contributed by atoms with van der Waals surface area (Å²) in [6, 6.07) is 17.8. The molecular formula is C16H12N4O3. The molecule has 0 saturated heterocycles. The van der Waals surface area contributed by atoms with Gasteiger partial charge >= 0.3 is 11.6 Å². The van der Waals surface area contributed by atoms with Gasteiger partial charge < -0.3 is 10.1 Å². The lowest BCUT2D eigenvalue weighted by molar-refractivity contribution is -0.385. The largest absolute Gasteiger partial charge is 0.434 e. The number of para-hydroxylation sites is 2. The Labute approximate surface area is 131 Å². The van der Waals surface area contributed by atoms with Gasteiger partial charge in [-0.3, -0.25) is 10.1 Å². The van der Waals surface area contributed by atoms with Gasteiger partial charge in [-0.05, 0) is 24.3 Å². The minimum absolute atomic E-state index is 0.0714. The Bertz CT molecular complexity index is 750. The first-order chi connectivity index (χ1) is 11.2. The number of anilines is 2. The molecule has 0 amide bonds. The highest BCUT2D eigenvalue weighted by Gasteiger charge is 2.25. The third-order valence-electron chi connectivity index (χ3n) is 2.97. The fourth-order valence-corrected chi connectivity index (χ4v) is 1.95. The van der Waals surface area contributed by atoms with E-state index in [1.165, 1.54) is 6.33 Å². The first-order valence-corrected chi connectivity index (χ1v) is 6.78. The van der Waals surface area contributed by atoms with E-state index in [1.807, 2.05) is 24.3 Å². The van der Waals surface area contributed by atoms with Gasteiger partial charge in [0, 0.05) is 5.69 Å². The van der Waals surface area contributed by atoms with Crippen molar-refractivity contribution in [2.45, 2.75) is 0 Å². The van der Waals surface area contributed by atoms with E-state index < -0.39 is 4.92 Å². The Morgan fingerprint density at radius 1 is 0.957 bits per heavy atom. The second-order valence-corrected chi connectivity index (χ2v) is 4.54. The van der Waals surface area contributed by atoms with Gasteiger partial charge in [0.1, 0.15) is 12.1 Å². The van der Waals surface area contributed by atoms with E-state index >= 15 is 0 Å². The monoisotopic (exact) mass is 308 g/mol. The molecule has 0 aliphatic rings. The number of nitro groups is 1. The van der Waals surface area contributed by atoms with Crippen molar-refractivity contribution in [1.82, 2.24) is 9.97 Å². The third-order valence-corrected chi connectivity index (χ3v) is 2.97. The van der Waals surface area contributed by atoms with Crippen LogP contribution < -0.4 is 10.1 Å². The van der Waals surface area contributed by atoms with E-state index in [0.29, 0.717) is 11.4 Å². The molecule has 0 saturated carbocycles. The average molecular weight is 308 g/mol. The van der Waals surface area contributed by atoms with Crippen LogP contribution in [0, 0.1) is 10.1 Å². The van der Waals surface area contributed by atoms with E-state index in [4.69, 9.17) is 4.74 Å². The molecule has 0 spiro atoms. The molecule has 0 fully saturated rings. The van der Waals surface area contributed by atoms with Crippen molar-refractivity contribution in [2.75, 3.05) is 5.32 Å². The van der Waals surface area contributed by atoms with Crippen LogP contribution in [0.4, 0.5) is 17.2 Å². The lowest BCUT2D eigenvalue weighted by atomic mass is 10.3. The van der Waals surface area contributed by atoms with E-state index in [-0.39, 0.29) is 17.4 Å². The van der Waals surface area contributed by atoms with Crippen LogP contribution in [0.2, 0.25) is 0 Å². The van der Waals surface area contributed by atoms with Crippen LogP contribution in [0.25, 0.3) is 0 Å². The first-order valence-electron chi connectivity index (χ1n) is 6.78. The van der Waals surface area contributed by atoms with Crippen LogP contribution in [0.15, 0.2) is 67.0 Å². The van der Waals surface area contributed by atoms with E-state index in [9.17, 15) is 10.1 Å². The average Bonchev–Trinajstić information content (AvgIpc) is 2.56. The van der Waals surface area contributed by atoms with Crippen molar-refractivity contribution in [3.63, 3.8) is 0 Å². The molecule has 1 N–H and O–H groups in total. The number of nitrogens with one attached hydrogen (secondary N) is 1. The lowest BCUT2D eigenvalue weighted by Gasteiger charge is -2.09. The second-order valence-electron chi connectivity index (χ2n) is 4.54. The summed E-state index contributed by atoms with van der Waals surface area (Å²) in [7, 11) is 0. The minimum Gasteiger partial charge on any atom is -0.434 e. The minimum atomic E-state index is -0.566. The summed E-state index contributed by atoms with van der Waals surface area (Å²) in [5.41, 5.74) is 0.361. The molecule has 7 heteroatoms. The number of ether oxygens (including phenoxy) is 1. The molecule has 7 nitrogen and oxygen atoms in total. The van der Waals surface area contributed by atoms with Crippen molar-refractivity contribution in [3.05, 3.63) is 77.1 Å². The topological polar surface area (TPSA) is 90.2 Å². The molecule has 3 rings (SSSR count). The highest BCUT2D eigenvalue weighted by Crippen LogP contribution is 2.35. The van der Waals surface area contributed by atoms with Gasteiger partial charge in [0.15, 0.2) is 0 Å². The highest BCUT2D eigenvalue weighted by atomic mass is 16.6. The van der Waals surface area contributed by atoms with Crippen molar-refractivity contribution in [2.24, 2.45) is 0 Å². The van der Waals surface area contributed by atoms with Crippen molar-refractivity contribution >= 4 is 17.2 Å².